The fourth-order valence-corrected chi connectivity index (χ4v) is 1.75. The number of methoxy groups -OCH3 is 1. The van der Waals surface area contributed by atoms with Crippen LogP contribution in [-0.2, 0) is 6.42 Å². The van der Waals surface area contributed by atoms with E-state index in [0.29, 0.717) is 12.1 Å². The zero-order chi connectivity index (χ0) is 13.0. The largest absolute Gasteiger partial charge is 0.497 e. The fraction of sp³-hybridized carbons (Fsp3) is 0.200. The predicted octanol–water partition coefficient (Wildman–Crippen LogP) is 2.82. The third-order valence-corrected chi connectivity index (χ3v) is 2.70. The van der Waals surface area contributed by atoms with Crippen LogP contribution in [0.4, 0.5) is 0 Å². The molecule has 0 aliphatic rings. The Kier molecular flexibility index (Phi) is 3.72. The van der Waals surface area contributed by atoms with Gasteiger partial charge < -0.3 is 4.74 Å². The van der Waals surface area contributed by atoms with E-state index in [1.807, 2.05) is 43.3 Å². The molecule has 92 valence electrons. The van der Waals surface area contributed by atoms with E-state index in [2.05, 4.69) is 4.98 Å². The molecule has 0 N–H and O–H groups in total. The summed E-state index contributed by atoms with van der Waals surface area (Å²) in [7, 11) is 1.61. The number of benzene rings is 1. The molecular formula is C15H15NO2. The van der Waals surface area contributed by atoms with Gasteiger partial charge in [0, 0.05) is 12.6 Å². The van der Waals surface area contributed by atoms with Crippen molar-refractivity contribution in [1.29, 1.82) is 0 Å². The minimum absolute atomic E-state index is 0.0203. The van der Waals surface area contributed by atoms with Crippen LogP contribution in [0.2, 0.25) is 0 Å². The number of aryl methyl sites for hydroxylation is 1. The number of pyridine rings is 1. The summed E-state index contributed by atoms with van der Waals surface area (Å²) >= 11 is 0. The second-order valence-corrected chi connectivity index (χ2v) is 4.17. The quantitative estimate of drug-likeness (QED) is 0.773. The van der Waals surface area contributed by atoms with E-state index in [0.717, 1.165) is 16.9 Å². The third kappa shape index (κ3) is 2.94. The summed E-state index contributed by atoms with van der Waals surface area (Å²) in [5.74, 6) is 0.782. The van der Waals surface area contributed by atoms with Crippen molar-refractivity contribution in [3.8, 4) is 5.75 Å². The first-order valence-corrected chi connectivity index (χ1v) is 5.78. The van der Waals surface area contributed by atoms with Gasteiger partial charge in [0.25, 0.3) is 0 Å². The number of carbonyl (C=O) groups is 1. The van der Waals surface area contributed by atoms with Crippen molar-refractivity contribution in [1.82, 2.24) is 4.98 Å². The van der Waals surface area contributed by atoms with Gasteiger partial charge in [0.1, 0.15) is 11.4 Å². The third-order valence-electron chi connectivity index (χ3n) is 2.70. The van der Waals surface area contributed by atoms with Crippen molar-refractivity contribution in [3.63, 3.8) is 0 Å². The predicted molar refractivity (Wildman–Crippen MR) is 70.0 cm³/mol. The van der Waals surface area contributed by atoms with E-state index in [-0.39, 0.29) is 5.78 Å². The van der Waals surface area contributed by atoms with E-state index >= 15 is 0 Å². The number of hydrogen-bond donors (Lipinski definition) is 0. The maximum Gasteiger partial charge on any atom is 0.185 e. The average Bonchev–Trinajstić information content (AvgIpc) is 2.39. The fourth-order valence-electron chi connectivity index (χ4n) is 1.75. The zero-order valence-electron chi connectivity index (χ0n) is 10.5. The van der Waals surface area contributed by atoms with Crippen molar-refractivity contribution in [3.05, 3.63) is 59.4 Å². The number of rotatable bonds is 4. The lowest BCUT2D eigenvalue weighted by atomic mass is 10.1. The highest BCUT2D eigenvalue weighted by Crippen LogP contribution is 2.14. The van der Waals surface area contributed by atoms with Crippen LogP contribution < -0.4 is 4.74 Å². The van der Waals surface area contributed by atoms with Gasteiger partial charge in [-0.05, 0) is 42.3 Å². The number of aromatic nitrogens is 1. The summed E-state index contributed by atoms with van der Waals surface area (Å²) in [4.78, 5) is 16.2. The summed E-state index contributed by atoms with van der Waals surface area (Å²) in [5, 5.41) is 0. The molecule has 0 aliphatic heterocycles. The minimum Gasteiger partial charge on any atom is -0.497 e. The molecule has 0 atom stereocenters. The van der Waals surface area contributed by atoms with Crippen LogP contribution in [0, 0.1) is 6.92 Å². The number of carbonyl (C=O) groups excluding carboxylic acids is 1. The van der Waals surface area contributed by atoms with E-state index in [1.165, 1.54) is 0 Å². The van der Waals surface area contributed by atoms with Gasteiger partial charge in [-0.25, -0.2) is 0 Å². The Morgan fingerprint density at radius 3 is 2.83 bits per heavy atom. The summed E-state index contributed by atoms with van der Waals surface area (Å²) in [6.45, 7) is 1.95. The molecule has 1 aromatic carbocycles. The molecule has 0 amide bonds. The molecule has 2 aromatic rings. The van der Waals surface area contributed by atoms with Gasteiger partial charge >= 0.3 is 0 Å². The summed E-state index contributed by atoms with van der Waals surface area (Å²) in [5.41, 5.74) is 2.49. The summed E-state index contributed by atoms with van der Waals surface area (Å²) in [6.07, 6.45) is 2.00. The summed E-state index contributed by atoms with van der Waals surface area (Å²) in [6, 6.07) is 11.2. The first-order valence-electron chi connectivity index (χ1n) is 5.78. The Labute approximate surface area is 106 Å². The summed E-state index contributed by atoms with van der Waals surface area (Å²) < 4.78 is 5.13. The number of hydrogen-bond acceptors (Lipinski definition) is 3. The molecule has 2 rings (SSSR count). The van der Waals surface area contributed by atoms with Crippen LogP contribution in [0.3, 0.4) is 0 Å². The molecule has 0 radical (unpaired) electrons. The molecule has 1 aromatic heterocycles. The minimum atomic E-state index is 0.0203. The Morgan fingerprint density at radius 2 is 2.11 bits per heavy atom. The van der Waals surface area contributed by atoms with E-state index < -0.39 is 0 Å². The van der Waals surface area contributed by atoms with E-state index in [4.69, 9.17) is 4.74 Å². The number of ketones is 1. The standard InChI is InChI=1S/C15H15NO2/c1-11-6-7-16-14(8-11)15(17)10-12-4-3-5-13(9-12)18-2/h3-9H,10H2,1-2H3. The lowest BCUT2D eigenvalue weighted by Gasteiger charge is -2.04. The molecule has 0 saturated carbocycles. The van der Waals surface area contributed by atoms with Gasteiger partial charge in [0.05, 0.1) is 7.11 Å². The second-order valence-electron chi connectivity index (χ2n) is 4.17. The van der Waals surface area contributed by atoms with Crippen LogP contribution >= 0.6 is 0 Å². The van der Waals surface area contributed by atoms with E-state index in [1.54, 1.807) is 13.3 Å². The average molecular weight is 241 g/mol. The van der Waals surface area contributed by atoms with Gasteiger partial charge in [-0.15, -0.1) is 0 Å². The van der Waals surface area contributed by atoms with Crippen LogP contribution in [-0.4, -0.2) is 17.9 Å². The normalized spacial score (nSPS) is 10.1. The number of nitrogens with zero attached hydrogens (tertiary/aromatic N) is 1. The lowest BCUT2D eigenvalue weighted by molar-refractivity contribution is 0.0988. The first kappa shape index (κ1) is 12.3. The van der Waals surface area contributed by atoms with Gasteiger partial charge in [-0.3, -0.25) is 9.78 Å². The molecule has 18 heavy (non-hydrogen) atoms. The SMILES string of the molecule is COc1cccc(CC(=O)c2cc(C)ccn2)c1. The molecule has 3 nitrogen and oxygen atoms in total. The Hall–Kier alpha value is -2.16. The Morgan fingerprint density at radius 1 is 1.28 bits per heavy atom. The number of Topliss-reactive ketones (excluding diaryl/α,β-unsaturated/α-hetero) is 1. The first-order chi connectivity index (χ1) is 8.69. The highest BCUT2D eigenvalue weighted by molar-refractivity contribution is 5.95. The van der Waals surface area contributed by atoms with Crippen molar-refractivity contribution < 1.29 is 9.53 Å². The highest BCUT2D eigenvalue weighted by Gasteiger charge is 2.09. The lowest BCUT2D eigenvalue weighted by Crippen LogP contribution is -2.06. The van der Waals surface area contributed by atoms with Gasteiger partial charge in [-0.2, -0.15) is 0 Å². The molecule has 1 heterocycles. The molecule has 0 aliphatic carbocycles. The van der Waals surface area contributed by atoms with E-state index in [9.17, 15) is 4.79 Å². The smallest absolute Gasteiger partial charge is 0.185 e. The number of ether oxygens (including phenoxy) is 1. The van der Waals surface area contributed by atoms with Crippen molar-refractivity contribution in [2.24, 2.45) is 0 Å². The van der Waals surface area contributed by atoms with Crippen LogP contribution in [0.15, 0.2) is 42.6 Å². The van der Waals surface area contributed by atoms with Crippen LogP contribution in [0.25, 0.3) is 0 Å². The highest BCUT2D eigenvalue weighted by atomic mass is 16.5. The van der Waals surface area contributed by atoms with Gasteiger partial charge in [0.2, 0.25) is 0 Å². The molecule has 0 unspecified atom stereocenters. The second kappa shape index (κ2) is 5.45. The van der Waals surface area contributed by atoms with Crippen LogP contribution in [0.5, 0.6) is 5.75 Å². The Bertz CT molecular complexity index is 564. The van der Waals surface area contributed by atoms with Crippen LogP contribution in [0.1, 0.15) is 21.6 Å². The van der Waals surface area contributed by atoms with Gasteiger partial charge in [-0.1, -0.05) is 12.1 Å². The molecule has 3 heteroatoms. The molecule has 0 fully saturated rings. The van der Waals surface area contributed by atoms with Crippen molar-refractivity contribution in [2.75, 3.05) is 7.11 Å². The molecule has 0 saturated heterocycles. The molecule has 0 spiro atoms. The van der Waals surface area contributed by atoms with Crippen molar-refractivity contribution >= 4 is 5.78 Å². The maximum absolute atomic E-state index is 12.1. The molecule has 0 bridgehead atoms. The zero-order valence-corrected chi connectivity index (χ0v) is 10.5. The topological polar surface area (TPSA) is 39.2 Å². The Balaban J connectivity index is 2.16. The molecular weight excluding hydrogens is 226 g/mol. The maximum atomic E-state index is 12.1. The van der Waals surface area contributed by atoms with Crippen molar-refractivity contribution in [2.45, 2.75) is 13.3 Å². The van der Waals surface area contributed by atoms with Gasteiger partial charge in [0.15, 0.2) is 5.78 Å². The monoisotopic (exact) mass is 241 g/mol.